The van der Waals surface area contributed by atoms with Crippen molar-refractivity contribution in [1.29, 1.82) is 0 Å². The van der Waals surface area contributed by atoms with Crippen LogP contribution in [-0.2, 0) is 16.6 Å². The van der Waals surface area contributed by atoms with Gasteiger partial charge in [-0.1, -0.05) is 42.5 Å². The third-order valence-electron chi connectivity index (χ3n) is 4.85. The van der Waals surface area contributed by atoms with E-state index in [-0.39, 0.29) is 17.6 Å². The standard InChI is InChI=1S/C22H18N4O5S/c23-32(30,31)21-17(11-6-12-24-21)26(13-14-7-2-1-3-8-14)22(29)18-19(27)15-9-4-5-10-16(15)25-20(18)28/h1-12H,13H2,(H2,23,30,31)(H2,25,27,28). The highest BCUT2D eigenvalue weighted by molar-refractivity contribution is 7.89. The van der Waals surface area contributed by atoms with E-state index in [2.05, 4.69) is 9.97 Å². The lowest BCUT2D eigenvalue weighted by molar-refractivity contribution is 0.0980. The predicted molar refractivity (Wildman–Crippen MR) is 119 cm³/mol. The fourth-order valence-corrected chi connectivity index (χ4v) is 4.08. The lowest BCUT2D eigenvalue weighted by Gasteiger charge is -2.24. The smallest absolute Gasteiger partial charge is 0.268 e. The first-order chi connectivity index (χ1) is 15.3. The molecule has 0 unspecified atom stereocenters. The van der Waals surface area contributed by atoms with Crippen molar-refractivity contribution in [2.75, 3.05) is 4.90 Å². The molecule has 4 aromatic rings. The molecule has 9 nitrogen and oxygen atoms in total. The molecule has 4 N–H and O–H groups in total. The summed E-state index contributed by atoms with van der Waals surface area (Å²) in [5.74, 6) is -1.41. The van der Waals surface area contributed by atoms with E-state index in [4.69, 9.17) is 5.14 Å². The first-order valence-electron chi connectivity index (χ1n) is 9.45. The third kappa shape index (κ3) is 3.96. The summed E-state index contributed by atoms with van der Waals surface area (Å²) in [7, 11) is -4.29. The maximum atomic E-state index is 13.6. The summed E-state index contributed by atoms with van der Waals surface area (Å²) in [5, 5.41) is 15.8. The monoisotopic (exact) mass is 450 g/mol. The number of aromatic nitrogens is 2. The first kappa shape index (κ1) is 21.2. The maximum Gasteiger partial charge on any atom is 0.268 e. The van der Waals surface area contributed by atoms with Gasteiger partial charge in [0.15, 0.2) is 5.03 Å². The topological polar surface area (TPSA) is 146 Å². The summed E-state index contributed by atoms with van der Waals surface area (Å²) >= 11 is 0. The first-order valence-corrected chi connectivity index (χ1v) is 11.0. The van der Waals surface area contributed by atoms with Crippen molar-refractivity contribution in [2.45, 2.75) is 11.6 Å². The summed E-state index contributed by atoms with van der Waals surface area (Å²) in [6.07, 6.45) is 1.23. The summed E-state index contributed by atoms with van der Waals surface area (Å²) in [4.78, 5) is 33.8. The Morgan fingerprint density at radius 1 is 1.03 bits per heavy atom. The number of aromatic hydroxyl groups is 1. The Bertz CT molecular complexity index is 1480. The summed E-state index contributed by atoms with van der Waals surface area (Å²) in [6, 6.07) is 18.0. The van der Waals surface area contributed by atoms with Crippen molar-refractivity contribution in [3.05, 3.63) is 94.4 Å². The summed E-state index contributed by atoms with van der Waals surface area (Å²) in [5.41, 5.74) is -0.445. The molecule has 0 saturated heterocycles. The number of nitrogens with two attached hydrogens (primary N) is 1. The van der Waals surface area contributed by atoms with Crippen LogP contribution in [0, 0.1) is 0 Å². The Balaban J connectivity index is 1.94. The second-order valence-electron chi connectivity index (χ2n) is 6.97. The molecule has 4 rings (SSSR count). The lowest BCUT2D eigenvalue weighted by Crippen LogP contribution is -2.36. The van der Waals surface area contributed by atoms with E-state index in [0.717, 1.165) is 4.90 Å². The number of rotatable bonds is 5. The number of hydrogen-bond donors (Lipinski definition) is 3. The number of H-pyrrole nitrogens is 1. The zero-order valence-electron chi connectivity index (χ0n) is 16.6. The number of sulfonamides is 1. The number of fused-ring (bicyclic) bond motifs is 1. The number of amides is 1. The number of nitrogens with one attached hydrogen (secondary N) is 1. The third-order valence-corrected chi connectivity index (χ3v) is 5.70. The number of benzene rings is 2. The van der Waals surface area contributed by atoms with E-state index in [0.29, 0.717) is 11.1 Å². The normalized spacial score (nSPS) is 11.4. The van der Waals surface area contributed by atoms with E-state index in [9.17, 15) is 23.1 Å². The molecule has 0 saturated carbocycles. The van der Waals surface area contributed by atoms with Crippen molar-refractivity contribution in [3.63, 3.8) is 0 Å². The van der Waals surface area contributed by atoms with Gasteiger partial charge in [0.25, 0.3) is 21.5 Å². The van der Waals surface area contributed by atoms with E-state index in [1.54, 1.807) is 54.6 Å². The molecule has 10 heteroatoms. The quantitative estimate of drug-likeness (QED) is 0.424. The van der Waals surface area contributed by atoms with E-state index in [1.165, 1.54) is 18.3 Å². The number of aromatic amines is 1. The predicted octanol–water partition coefficient (Wildman–Crippen LogP) is 2.12. The van der Waals surface area contributed by atoms with Crippen molar-refractivity contribution in [3.8, 4) is 5.75 Å². The van der Waals surface area contributed by atoms with Crippen molar-refractivity contribution in [1.82, 2.24) is 9.97 Å². The molecule has 32 heavy (non-hydrogen) atoms. The minimum atomic E-state index is -4.29. The number of primary sulfonamides is 1. The Morgan fingerprint density at radius 3 is 2.44 bits per heavy atom. The van der Waals surface area contributed by atoms with Crippen LogP contribution in [0.1, 0.15) is 15.9 Å². The fraction of sp³-hybridized carbons (Fsp3) is 0.0455. The second kappa shape index (κ2) is 8.25. The number of pyridine rings is 2. The van der Waals surface area contributed by atoms with Gasteiger partial charge in [0.1, 0.15) is 11.3 Å². The second-order valence-corrected chi connectivity index (χ2v) is 8.45. The van der Waals surface area contributed by atoms with Crippen LogP contribution in [0.15, 0.2) is 82.7 Å². The highest BCUT2D eigenvalue weighted by Crippen LogP contribution is 2.30. The Morgan fingerprint density at radius 2 is 1.72 bits per heavy atom. The van der Waals surface area contributed by atoms with Gasteiger partial charge < -0.3 is 15.0 Å². The molecular weight excluding hydrogens is 432 g/mol. The van der Waals surface area contributed by atoms with Crippen LogP contribution < -0.4 is 15.6 Å². The highest BCUT2D eigenvalue weighted by atomic mass is 32.2. The molecule has 1 amide bonds. The molecule has 2 aromatic carbocycles. The zero-order valence-corrected chi connectivity index (χ0v) is 17.4. The van der Waals surface area contributed by atoms with Gasteiger partial charge in [-0.25, -0.2) is 18.5 Å². The molecule has 162 valence electrons. The minimum Gasteiger partial charge on any atom is -0.506 e. The van der Waals surface area contributed by atoms with E-state index < -0.39 is 37.8 Å². The molecule has 2 aromatic heterocycles. The zero-order chi connectivity index (χ0) is 22.9. The summed E-state index contributed by atoms with van der Waals surface area (Å²) in [6.45, 7) is -0.0976. The van der Waals surface area contributed by atoms with Crippen LogP contribution >= 0.6 is 0 Å². The molecule has 0 spiro atoms. The number of carbonyl (C=O) groups excluding carboxylic acids is 1. The van der Waals surface area contributed by atoms with Crippen LogP contribution in [0.4, 0.5) is 5.69 Å². The number of para-hydroxylation sites is 1. The van der Waals surface area contributed by atoms with Crippen LogP contribution in [0.3, 0.4) is 0 Å². The molecular formula is C22H18N4O5S. The lowest BCUT2D eigenvalue weighted by atomic mass is 10.1. The average molecular weight is 450 g/mol. The van der Waals surface area contributed by atoms with Crippen LogP contribution in [0.25, 0.3) is 10.9 Å². The van der Waals surface area contributed by atoms with E-state index >= 15 is 0 Å². The highest BCUT2D eigenvalue weighted by Gasteiger charge is 2.29. The number of hydrogen-bond acceptors (Lipinski definition) is 6. The van der Waals surface area contributed by atoms with Gasteiger partial charge in [-0.2, -0.15) is 0 Å². The molecule has 0 fully saturated rings. The van der Waals surface area contributed by atoms with Crippen molar-refractivity contribution in [2.24, 2.45) is 5.14 Å². The Labute approximate surface area is 182 Å². The SMILES string of the molecule is NS(=O)(=O)c1ncccc1N(Cc1ccccc1)C(=O)c1c(O)c2ccccc2[nH]c1=O. The Kier molecular flexibility index (Phi) is 5.47. The average Bonchev–Trinajstić information content (AvgIpc) is 2.77. The molecule has 0 aliphatic carbocycles. The molecule has 2 heterocycles. The van der Waals surface area contributed by atoms with Crippen molar-refractivity contribution < 1.29 is 18.3 Å². The number of carbonyl (C=O) groups is 1. The van der Waals surface area contributed by atoms with Gasteiger partial charge >= 0.3 is 0 Å². The Hall–Kier alpha value is -4.02. The van der Waals surface area contributed by atoms with Crippen LogP contribution in [0.5, 0.6) is 5.75 Å². The number of anilines is 1. The van der Waals surface area contributed by atoms with Gasteiger partial charge in [0.2, 0.25) is 0 Å². The van der Waals surface area contributed by atoms with Gasteiger partial charge in [0.05, 0.1) is 17.7 Å². The molecule has 0 radical (unpaired) electrons. The summed E-state index contributed by atoms with van der Waals surface area (Å²) < 4.78 is 24.3. The molecule has 0 aliphatic heterocycles. The minimum absolute atomic E-state index is 0.0976. The molecule has 0 bridgehead atoms. The van der Waals surface area contributed by atoms with Crippen LogP contribution in [-0.4, -0.2) is 29.4 Å². The van der Waals surface area contributed by atoms with Gasteiger partial charge in [0, 0.05) is 11.6 Å². The largest absolute Gasteiger partial charge is 0.506 e. The molecule has 0 atom stereocenters. The van der Waals surface area contributed by atoms with Crippen LogP contribution in [0.2, 0.25) is 0 Å². The number of nitrogens with zero attached hydrogens (tertiary/aromatic N) is 2. The van der Waals surface area contributed by atoms with Gasteiger partial charge in [-0.05, 0) is 29.8 Å². The maximum absolute atomic E-state index is 13.6. The van der Waals surface area contributed by atoms with E-state index in [1.807, 2.05) is 0 Å². The fourth-order valence-electron chi connectivity index (χ4n) is 3.40. The van der Waals surface area contributed by atoms with Gasteiger partial charge in [-0.3, -0.25) is 9.59 Å². The molecule has 0 aliphatic rings. The van der Waals surface area contributed by atoms with Gasteiger partial charge in [-0.15, -0.1) is 0 Å². The van der Waals surface area contributed by atoms with Crippen molar-refractivity contribution >= 4 is 32.5 Å².